The van der Waals surface area contributed by atoms with Gasteiger partial charge in [0.05, 0.1) is 41.0 Å². The van der Waals surface area contributed by atoms with Crippen LogP contribution in [0.3, 0.4) is 0 Å². The molecule has 0 aromatic heterocycles. The van der Waals surface area contributed by atoms with Gasteiger partial charge in [0.15, 0.2) is 9.84 Å². The first-order valence-electron chi connectivity index (χ1n) is 27.6. The van der Waals surface area contributed by atoms with E-state index in [4.69, 9.17) is 28.4 Å². The second kappa shape index (κ2) is 28.0. The molecule has 18 heteroatoms. The number of esters is 2. The number of rotatable bonds is 10. The van der Waals surface area contributed by atoms with Crippen molar-refractivity contribution < 1.29 is 76.1 Å². The number of ketones is 2. The van der Waals surface area contributed by atoms with Crippen LogP contribution in [-0.2, 0) is 62.2 Å². The minimum atomic E-state index is -3.23. The van der Waals surface area contributed by atoms with Crippen LogP contribution < -0.4 is 0 Å². The van der Waals surface area contributed by atoms with Gasteiger partial charge in [-0.25, -0.2) is 18.0 Å². The van der Waals surface area contributed by atoms with Gasteiger partial charge in [-0.05, 0) is 119 Å². The number of hydrogen-bond acceptors (Lipinski definition) is 16. The molecule has 0 unspecified atom stereocenters. The molecule has 1 saturated carbocycles. The summed E-state index contributed by atoms with van der Waals surface area (Å²) in [6.07, 6.45) is 6.10. The fraction of sp³-hybridized carbons (Fsp3) is 0.590. The monoisotopic (exact) mass is 1120 g/mol. The number of carbonyl (C=O) groups is 5. The van der Waals surface area contributed by atoms with E-state index in [1.54, 1.807) is 51.3 Å². The molecular formula is C61H83NO16S. The Morgan fingerprint density at radius 3 is 2.13 bits per heavy atom. The lowest BCUT2D eigenvalue weighted by Crippen LogP contribution is -2.64. The summed E-state index contributed by atoms with van der Waals surface area (Å²) in [4.78, 5) is 70.1. The highest BCUT2D eigenvalue weighted by Crippen LogP contribution is 2.40. The van der Waals surface area contributed by atoms with E-state index in [-0.39, 0.29) is 67.0 Å². The molecule has 2 saturated heterocycles. The molecule has 7 rings (SSSR count). The van der Waals surface area contributed by atoms with Crippen LogP contribution in [0.2, 0.25) is 0 Å². The maximum Gasteiger partial charge on any atom is 0.339 e. The molecule has 2 bridgehead atoms. The number of carbonyl (C=O) groups excluding carboxylic acids is 5. The maximum absolute atomic E-state index is 14.3. The summed E-state index contributed by atoms with van der Waals surface area (Å²) in [5.41, 5.74) is 4.51. The number of methoxy groups -OCH3 is 3. The van der Waals surface area contributed by atoms with Crippen molar-refractivity contribution in [2.75, 3.05) is 40.7 Å². The third kappa shape index (κ3) is 15.4. The Morgan fingerprint density at radius 1 is 0.835 bits per heavy atom. The minimum Gasteiger partial charge on any atom is -0.457 e. The molecule has 3 N–H and O–H groups in total. The number of piperidine rings is 1. The summed E-state index contributed by atoms with van der Waals surface area (Å²) in [5, 5.41) is 34.1. The summed E-state index contributed by atoms with van der Waals surface area (Å²) in [6.45, 7) is 13.3. The van der Waals surface area contributed by atoms with Crippen molar-refractivity contribution in [1.29, 1.82) is 0 Å². The first-order chi connectivity index (χ1) is 37.4. The molecule has 4 aliphatic heterocycles. The largest absolute Gasteiger partial charge is 0.457 e. The highest BCUT2D eigenvalue weighted by atomic mass is 32.2. The van der Waals surface area contributed by atoms with E-state index >= 15 is 0 Å². The molecule has 14 atom stereocenters. The predicted molar refractivity (Wildman–Crippen MR) is 296 cm³/mol. The van der Waals surface area contributed by atoms with Crippen molar-refractivity contribution in [3.8, 4) is 0 Å². The average Bonchev–Trinajstić information content (AvgIpc) is 3.88. The van der Waals surface area contributed by atoms with Crippen LogP contribution in [0.25, 0.3) is 11.1 Å². The van der Waals surface area contributed by atoms with Gasteiger partial charge in [0, 0.05) is 63.9 Å². The number of Topliss-reactive ketones (excluding diaryl/α,β-unsaturated/α-hetero) is 2. The second-order valence-electron chi connectivity index (χ2n) is 22.4. The van der Waals surface area contributed by atoms with Crippen LogP contribution in [-0.4, -0.2) is 153 Å². The van der Waals surface area contributed by atoms with Gasteiger partial charge in [-0.15, -0.1) is 6.58 Å². The van der Waals surface area contributed by atoms with Crippen LogP contribution in [0.4, 0.5) is 0 Å². The van der Waals surface area contributed by atoms with Crippen molar-refractivity contribution in [2.24, 2.45) is 29.6 Å². The summed E-state index contributed by atoms with van der Waals surface area (Å²) < 4.78 is 57.9. The number of aliphatic hydroxyl groups is 3. The number of fused-ring (bicyclic) bond motifs is 3. The Morgan fingerprint density at radius 2 is 1.49 bits per heavy atom. The lowest BCUT2D eigenvalue weighted by molar-refractivity contribution is -0.302. The van der Waals surface area contributed by atoms with Crippen molar-refractivity contribution >= 4 is 50.4 Å². The van der Waals surface area contributed by atoms with Gasteiger partial charge in [0.2, 0.25) is 5.79 Å². The Bertz CT molecular complexity index is 2680. The molecule has 2 aromatic rings. The number of amides is 1. The molecule has 1 aliphatic carbocycles. The van der Waals surface area contributed by atoms with Gasteiger partial charge >= 0.3 is 11.9 Å². The van der Waals surface area contributed by atoms with E-state index < -0.39 is 93.7 Å². The van der Waals surface area contributed by atoms with Crippen molar-refractivity contribution in [2.45, 2.75) is 165 Å². The van der Waals surface area contributed by atoms with Gasteiger partial charge in [-0.2, -0.15) is 0 Å². The van der Waals surface area contributed by atoms with Crippen molar-refractivity contribution in [3.05, 3.63) is 102 Å². The number of benzene rings is 2. The molecule has 5 aliphatic rings. The molecule has 0 radical (unpaired) electrons. The van der Waals surface area contributed by atoms with E-state index in [9.17, 15) is 47.7 Å². The van der Waals surface area contributed by atoms with Crippen molar-refractivity contribution in [3.63, 3.8) is 0 Å². The Balaban J connectivity index is 0.000000378. The standard InChI is InChI=1S/C44H69NO12.C17H14O4S/c1-10-13-31-19-25(2)18-26(3)20-37(54-8)40-38(55-9)22-28(5)44(52,57-40)41(49)42(50)45-17-12-11-14-32(45)43(51)56-39(29(6)34(47)24-35(31)48)27(4)21-30-15-16-33(46)36(23-30)53-7;1-22(19,20)14-9-7-12(8-10-14)15-11-21-17(18)16(15)13-5-3-2-4-6-13/h10,19,21,26,28-34,36-40,46-47,52H,1,11-18,20,22-24H2,2-9H3;2-10H,11H2,1H3/b25-19+,27-21+;/t26-,28+,29+,30-,31+,32-,33+,34-,36+,37-,38-,39+,40+,44+;/m0./s1. The highest BCUT2D eigenvalue weighted by molar-refractivity contribution is 7.90. The van der Waals surface area contributed by atoms with Gasteiger partial charge in [-0.1, -0.05) is 87.0 Å². The summed E-state index contributed by atoms with van der Waals surface area (Å²) in [7, 11) is 1.38. The Hall–Kier alpha value is -5.18. The number of ether oxygens (including phenoxy) is 6. The number of aliphatic hydroxyl groups excluding tert-OH is 2. The Labute approximate surface area is 466 Å². The summed E-state index contributed by atoms with van der Waals surface area (Å²) in [5.74, 6) is -8.11. The van der Waals surface area contributed by atoms with Crippen LogP contribution >= 0.6 is 0 Å². The molecule has 4 heterocycles. The van der Waals surface area contributed by atoms with Crippen LogP contribution in [0.5, 0.6) is 0 Å². The Kier molecular flexibility index (Phi) is 22.3. The maximum atomic E-state index is 14.3. The normalized spacial score (nSPS) is 33.7. The quantitative estimate of drug-likeness (QED) is 0.121. The number of hydrogen-bond donors (Lipinski definition) is 3. The molecule has 17 nitrogen and oxygen atoms in total. The fourth-order valence-corrected chi connectivity index (χ4v) is 12.5. The molecule has 0 spiro atoms. The van der Waals surface area contributed by atoms with E-state index in [0.29, 0.717) is 62.5 Å². The minimum absolute atomic E-state index is 0.00988. The summed E-state index contributed by atoms with van der Waals surface area (Å²) in [6, 6.07) is 14.7. The average molecular weight is 1120 g/mol. The lowest BCUT2D eigenvalue weighted by Gasteiger charge is -2.47. The highest BCUT2D eigenvalue weighted by Gasteiger charge is 2.56. The van der Waals surface area contributed by atoms with E-state index in [2.05, 4.69) is 6.58 Å². The summed E-state index contributed by atoms with van der Waals surface area (Å²) >= 11 is 0. The second-order valence-corrected chi connectivity index (χ2v) is 24.4. The van der Waals surface area contributed by atoms with Gasteiger partial charge in [-0.3, -0.25) is 14.4 Å². The SMILES string of the molecule is C=CC[C@@H]1/C=C(\C)C[C@H](C)C[C@H](OC)[C@H]2O[C@@](O)(C(=O)C(=O)N3CCCC[C@H]3C(=O)O[C@H](/C(C)=C/[C@@H]3CC[C@@H](O)[C@H](OC)C3)[C@H](C)[C@@H](O)CC1=O)[C@H](C)C[C@@H]2OC.CS(=O)(=O)c1ccc(C2=C(c3ccccc3)C(=O)OC2)cc1. The third-order valence-corrected chi connectivity index (χ3v) is 17.5. The molecule has 79 heavy (non-hydrogen) atoms. The first-order valence-corrected chi connectivity index (χ1v) is 29.5. The molecule has 1 amide bonds. The number of cyclic esters (lactones) is 2. The van der Waals surface area contributed by atoms with Crippen LogP contribution in [0.15, 0.2) is 95.4 Å². The lowest BCUT2D eigenvalue weighted by atomic mass is 9.81. The van der Waals surface area contributed by atoms with Crippen LogP contribution in [0, 0.1) is 29.6 Å². The zero-order valence-corrected chi connectivity index (χ0v) is 48.2. The van der Waals surface area contributed by atoms with Gasteiger partial charge in [0.1, 0.15) is 30.6 Å². The fourth-order valence-electron chi connectivity index (χ4n) is 11.9. The molecule has 3 fully saturated rings. The topological polar surface area (TPSA) is 239 Å². The third-order valence-electron chi connectivity index (χ3n) is 16.4. The predicted octanol–water partition coefficient (Wildman–Crippen LogP) is 7.20. The molecule has 2 aromatic carbocycles. The smallest absolute Gasteiger partial charge is 0.339 e. The van der Waals surface area contributed by atoms with E-state index in [1.807, 2.05) is 63.3 Å². The number of nitrogens with zero attached hydrogens (tertiary/aromatic N) is 1. The number of allylic oxidation sites excluding steroid dienone is 4. The van der Waals surface area contributed by atoms with E-state index in [0.717, 1.165) is 22.3 Å². The van der Waals surface area contributed by atoms with Gasteiger partial charge in [0.25, 0.3) is 11.7 Å². The number of sulfone groups is 1. The van der Waals surface area contributed by atoms with E-state index in [1.165, 1.54) is 25.4 Å². The molecule has 434 valence electrons. The zero-order valence-electron chi connectivity index (χ0n) is 47.3. The van der Waals surface area contributed by atoms with Gasteiger partial charge < -0.3 is 48.6 Å². The zero-order chi connectivity index (χ0) is 57.9. The first kappa shape index (κ1) is 63.0. The van der Waals surface area contributed by atoms with Crippen LogP contribution in [0.1, 0.15) is 116 Å². The molecular weight excluding hydrogens is 1030 g/mol. The van der Waals surface area contributed by atoms with Crippen molar-refractivity contribution in [1.82, 2.24) is 4.90 Å².